The van der Waals surface area contributed by atoms with E-state index in [9.17, 15) is 4.79 Å². The summed E-state index contributed by atoms with van der Waals surface area (Å²) in [4.78, 5) is 22.0. The molecule has 12 heteroatoms. The molecule has 0 aliphatic carbocycles. The second-order valence-electron chi connectivity index (χ2n) is 8.25. The van der Waals surface area contributed by atoms with Crippen LogP contribution in [-0.4, -0.2) is 44.9 Å². The topological polar surface area (TPSA) is 121 Å². The van der Waals surface area contributed by atoms with Gasteiger partial charge in [-0.3, -0.25) is 0 Å². The zero-order valence-electron chi connectivity index (χ0n) is 20.4. The number of thiazole rings is 1. The van der Waals surface area contributed by atoms with Crippen molar-refractivity contribution in [3.05, 3.63) is 64.8 Å². The summed E-state index contributed by atoms with van der Waals surface area (Å²) in [7, 11) is 3.15. The summed E-state index contributed by atoms with van der Waals surface area (Å²) >= 11 is 2.87. The Hall–Kier alpha value is -4.42. The predicted molar refractivity (Wildman–Crippen MR) is 143 cm³/mol. The second kappa shape index (κ2) is 9.47. The molecule has 2 aromatic carbocycles. The number of aryl methyl sites for hydroxylation is 1. The fourth-order valence-electron chi connectivity index (χ4n) is 3.96. The number of fused-ring (bicyclic) bond motifs is 2. The Bertz CT molecular complexity index is 1800. The molecular formula is C26H20N4O6S2. The van der Waals surface area contributed by atoms with Crippen molar-refractivity contribution in [2.75, 3.05) is 14.2 Å². The van der Waals surface area contributed by atoms with Gasteiger partial charge in [-0.15, -0.1) is 16.4 Å². The first-order valence-electron chi connectivity index (χ1n) is 11.4. The third kappa shape index (κ3) is 4.23. The molecule has 4 aromatic heterocycles. The first-order chi connectivity index (χ1) is 18.4. The lowest BCUT2D eigenvalue weighted by atomic mass is 10.1. The van der Waals surface area contributed by atoms with Crippen molar-refractivity contribution >= 4 is 44.6 Å². The highest BCUT2D eigenvalue weighted by atomic mass is 32.1. The predicted octanol–water partition coefficient (Wildman–Crippen LogP) is 5.93. The molecule has 6 rings (SSSR count). The number of furan rings is 1. The maximum Gasteiger partial charge on any atom is 0.335 e. The van der Waals surface area contributed by atoms with Crippen LogP contribution in [0, 0.1) is 6.92 Å². The summed E-state index contributed by atoms with van der Waals surface area (Å²) in [6, 6.07) is 12.2. The Morgan fingerprint density at radius 1 is 1.11 bits per heavy atom. The van der Waals surface area contributed by atoms with Gasteiger partial charge in [0.2, 0.25) is 4.96 Å². The lowest BCUT2D eigenvalue weighted by Gasteiger charge is -2.08. The minimum Gasteiger partial charge on any atom is -0.496 e. The molecule has 192 valence electrons. The fourth-order valence-corrected chi connectivity index (χ4v) is 5.57. The molecule has 0 aliphatic heterocycles. The summed E-state index contributed by atoms with van der Waals surface area (Å²) in [6.45, 7) is 2.22. The SMILES string of the molecule is COc1cc(OCc2nc(-c3ccc(C(=O)O)cc3)sc2C)c2cc(-c3cnc4sc(OC)nn34)oc2c1. The summed E-state index contributed by atoms with van der Waals surface area (Å²) < 4.78 is 24.8. The first-order valence-corrected chi connectivity index (χ1v) is 13.0. The van der Waals surface area contributed by atoms with Gasteiger partial charge >= 0.3 is 5.97 Å². The zero-order chi connectivity index (χ0) is 26.4. The van der Waals surface area contributed by atoms with Crippen LogP contribution in [0.15, 0.2) is 53.1 Å². The van der Waals surface area contributed by atoms with Crippen molar-refractivity contribution in [3.63, 3.8) is 0 Å². The number of rotatable bonds is 8. The molecule has 0 fully saturated rings. The molecule has 0 spiro atoms. The van der Waals surface area contributed by atoms with Crippen LogP contribution in [0.4, 0.5) is 0 Å². The third-order valence-electron chi connectivity index (χ3n) is 5.94. The molecule has 0 unspecified atom stereocenters. The largest absolute Gasteiger partial charge is 0.496 e. The average molecular weight is 549 g/mol. The Kier molecular flexibility index (Phi) is 5.97. The van der Waals surface area contributed by atoms with Crippen LogP contribution in [0.3, 0.4) is 0 Å². The van der Waals surface area contributed by atoms with Crippen molar-refractivity contribution in [1.29, 1.82) is 0 Å². The number of carboxylic acid groups (broad SMARTS) is 1. The third-order valence-corrected chi connectivity index (χ3v) is 7.88. The Labute approximate surface area is 223 Å². The van der Waals surface area contributed by atoms with E-state index in [2.05, 4.69) is 10.1 Å². The smallest absolute Gasteiger partial charge is 0.335 e. The van der Waals surface area contributed by atoms with Gasteiger partial charge in [-0.25, -0.2) is 14.8 Å². The van der Waals surface area contributed by atoms with E-state index in [1.54, 1.807) is 55.3 Å². The standard InChI is InChI=1S/C26H20N4O6S2/c1-13-18(28-23(37-13)14-4-6-15(7-5-14)24(31)32)12-35-20-8-16(33-2)9-21-17(20)10-22(36-21)19-11-27-25-30(19)29-26(34-3)38-25/h4-11H,12H2,1-3H3,(H,31,32). The van der Waals surface area contributed by atoms with Crippen LogP contribution in [0.1, 0.15) is 20.9 Å². The van der Waals surface area contributed by atoms with E-state index in [1.165, 1.54) is 22.7 Å². The van der Waals surface area contributed by atoms with E-state index in [0.29, 0.717) is 38.7 Å². The van der Waals surface area contributed by atoms with Crippen LogP contribution in [-0.2, 0) is 6.61 Å². The van der Waals surface area contributed by atoms with E-state index in [4.69, 9.17) is 28.7 Å². The minimum atomic E-state index is -0.961. The average Bonchev–Trinajstić information content (AvgIpc) is 3.69. The van der Waals surface area contributed by atoms with Gasteiger partial charge in [0.05, 0.1) is 37.1 Å². The number of benzene rings is 2. The molecule has 0 saturated carbocycles. The van der Waals surface area contributed by atoms with Gasteiger partial charge in [-0.1, -0.05) is 12.1 Å². The van der Waals surface area contributed by atoms with Crippen molar-refractivity contribution < 1.29 is 28.5 Å². The molecule has 0 radical (unpaired) electrons. The van der Waals surface area contributed by atoms with Gasteiger partial charge in [0, 0.05) is 22.6 Å². The van der Waals surface area contributed by atoms with Crippen LogP contribution < -0.4 is 14.2 Å². The summed E-state index contributed by atoms with van der Waals surface area (Å²) in [5.74, 6) is 0.800. The Morgan fingerprint density at radius 2 is 1.92 bits per heavy atom. The highest BCUT2D eigenvalue weighted by Gasteiger charge is 2.19. The van der Waals surface area contributed by atoms with Crippen molar-refractivity contribution in [2.45, 2.75) is 13.5 Å². The van der Waals surface area contributed by atoms with Crippen LogP contribution in [0.2, 0.25) is 0 Å². The summed E-state index contributed by atoms with van der Waals surface area (Å²) in [6.07, 6.45) is 1.71. The number of imidazole rings is 1. The van der Waals surface area contributed by atoms with Crippen LogP contribution in [0.25, 0.3) is 38.0 Å². The quantitative estimate of drug-likeness (QED) is 0.247. The highest BCUT2D eigenvalue weighted by Crippen LogP contribution is 2.38. The molecule has 6 aromatic rings. The van der Waals surface area contributed by atoms with Crippen LogP contribution in [0.5, 0.6) is 16.7 Å². The molecule has 0 aliphatic rings. The monoisotopic (exact) mass is 548 g/mol. The molecular weight excluding hydrogens is 528 g/mol. The Balaban J connectivity index is 1.30. The van der Waals surface area contributed by atoms with Gasteiger partial charge in [-0.2, -0.15) is 4.52 Å². The number of ether oxygens (including phenoxy) is 3. The van der Waals surface area contributed by atoms with Crippen molar-refractivity contribution in [3.8, 4) is 38.7 Å². The van der Waals surface area contributed by atoms with Crippen LogP contribution >= 0.6 is 22.7 Å². The van der Waals surface area contributed by atoms with E-state index in [-0.39, 0.29) is 12.2 Å². The summed E-state index contributed by atoms with van der Waals surface area (Å²) in [5, 5.41) is 15.6. The van der Waals surface area contributed by atoms with Gasteiger partial charge in [-0.05, 0) is 36.5 Å². The number of hydrogen-bond acceptors (Lipinski definition) is 10. The number of hydrogen-bond donors (Lipinski definition) is 1. The number of nitrogens with zero attached hydrogens (tertiary/aromatic N) is 4. The number of carboxylic acids is 1. The van der Waals surface area contributed by atoms with Gasteiger partial charge in [0.15, 0.2) is 5.76 Å². The number of aromatic nitrogens is 4. The molecule has 10 nitrogen and oxygen atoms in total. The number of carbonyl (C=O) groups is 1. The second-order valence-corrected chi connectivity index (χ2v) is 10.4. The zero-order valence-corrected chi connectivity index (χ0v) is 22.1. The van der Waals surface area contributed by atoms with Crippen molar-refractivity contribution in [1.82, 2.24) is 19.6 Å². The maximum atomic E-state index is 11.1. The lowest BCUT2D eigenvalue weighted by molar-refractivity contribution is 0.0697. The highest BCUT2D eigenvalue weighted by molar-refractivity contribution is 7.18. The number of aromatic carboxylic acids is 1. The minimum absolute atomic E-state index is 0.234. The molecule has 0 bridgehead atoms. The molecule has 38 heavy (non-hydrogen) atoms. The van der Waals surface area contributed by atoms with Gasteiger partial charge in [0.25, 0.3) is 5.19 Å². The van der Waals surface area contributed by atoms with Crippen molar-refractivity contribution in [2.24, 2.45) is 0 Å². The molecule has 0 amide bonds. The van der Waals surface area contributed by atoms with E-state index >= 15 is 0 Å². The molecule has 0 saturated heterocycles. The van der Waals surface area contributed by atoms with E-state index in [0.717, 1.165) is 26.5 Å². The lowest BCUT2D eigenvalue weighted by Crippen LogP contribution is -1.98. The molecule has 0 atom stereocenters. The summed E-state index contributed by atoms with van der Waals surface area (Å²) in [5.41, 5.74) is 3.16. The van der Waals surface area contributed by atoms with Gasteiger partial charge < -0.3 is 23.7 Å². The molecule has 4 heterocycles. The Morgan fingerprint density at radius 3 is 2.66 bits per heavy atom. The normalized spacial score (nSPS) is 11.3. The van der Waals surface area contributed by atoms with E-state index < -0.39 is 5.97 Å². The molecule has 1 N–H and O–H groups in total. The first kappa shape index (κ1) is 23.9. The number of methoxy groups -OCH3 is 2. The maximum absolute atomic E-state index is 11.1. The van der Waals surface area contributed by atoms with E-state index in [1.807, 2.05) is 19.1 Å². The van der Waals surface area contributed by atoms with Gasteiger partial charge in [0.1, 0.15) is 34.4 Å². The fraction of sp³-hybridized carbons (Fsp3) is 0.154.